The van der Waals surface area contributed by atoms with Crippen molar-refractivity contribution in [2.75, 3.05) is 5.32 Å². The Morgan fingerprint density at radius 2 is 1.67 bits per heavy atom. The summed E-state index contributed by atoms with van der Waals surface area (Å²) < 4.78 is 15.0. The van der Waals surface area contributed by atoms with Crippen molar-refractivity contribution in [1.29, 1.82) is 0 Å². The van der Waals surface area contributed by atoms with Crippen LogP contribution in [0, 0.1) is 5.82 Å². The van der Waals surface area contributed by atoms with Gasteiger partial charge in [0.25, 0.3) is 11.7 Å². The molecule has 1 amide bonds. The number of ketones is 1. The molecule has 0 radical (unpaired) electrons. The van der Waals surface area contributed by atoms with Crippen LogP contribution >= 0.6 is 23.2 Å². The number of halogens is 3. The van der Waals surface area contributed by atoms with Crippen molar-refractivity contribution in [1.82, 2.24) is 9.55 Å². The molecule has 30 heavy (non-hydrogen) atoms. The monoisotopic (exact) mass is 441 g/mol. The highest BCUT2D eigenvalue weighted by molar-refractivity contribution is 6.50. The van der Waals surface area contributed by atoms with Crippen molar-refractivity contribution in [3.63, 3.8) is 0 Å². The summed E-state index contributed by atoms with van der Waals surface area (Å²) in [5, 5.41) is 3.35. The van der Waals surface area contributed by atoms with Gasteiger partial charge in [0.2, 0.25) is 0 Å². The molecule has 0 aliphatic carbocycles. The zero-order chi connectivity index (χ0) is 21.3. The molecule has 2 heterocycles. The van der Waals surface area contributed by atoms with Gasteiger partial charge in [0, 0.05) is 36.0 Å². The number of nitrogens with zero attached hydrogens (tertiary/aromatic N) is 2. The van der Waals surface area contributed by atoms with Crippen LogP contribution in [0.15, 0.2) is 67.1 Å². The van der Waals surface area contributed by atoms with Gasteiger partial charge in [-0.3, -0.25) is 14.6 Å². The number of para-hydroxylation sites is 1. The topological polar surface area (TPSA) is 64.0 Å². The molecule has 2 aromatic heterocycles. The first-order valence-electron chi connectivity index (χ1n) is 8.91. The Labute approximate surface area is 181 Å². The van der Waals surface area contributed by atoms with Crippen molar-refractivity contribution in [3.05, 3.63) is 94.1 Å². The van der Waals surface area contributed by atoms with E-state index in [2.05, 4.69) is 10.3 Å². The number of benzene rings is 2. The lowest BCUT2D eigenvalue weighted by molar-refractivity contribution is -0.112. The second-order valence-electron chi connectivity index (χ2n) is 6.58. The highest BCUT2D eigenvalue weighted by atomic mass is 35.5. The van der Waals surface area contributed by atoms with Gasteiger partial charge in [0.05, 0.1) is 21.3 Å². The van der Waals surface area contributed by atoms with E-state index in [1.165, 1.54) is 24.5 Å². The van der Waals surface area contributed by atoms with Crippen molar-refractivity contribution in [2.45, 2.75) is 6.54 Å². The van der Waals surface area contributed by atoms with Crippen molar-refractivity contribution < 1.29 is 14.0 Å². The molecule has 0 atom stereocenters. The van der Waals surface area contributed by atoms with Gasteiger partial charge in [-0.1, -0.05) is 53.5 Å². The number of fused-ring (bicyclic) bond motifs is 1. The number of hydrogen-bond acceptors (Lipinski definition) is 3. The zero-order valence-electron chi connectivity index (χ0n) is 15.4. The second kappa shape index (κ2) is 8.26. The molecule has 5 nitrogen and oxygen atoms in total. The number of aromatic nitrogens is 2. The summed E-state index contributed by atoms with van der Waals surface area (Å²) in [6.45, 7) is 0.414. The lowest BCUT2D eigenvalue weighted by atomic mass is 10.1. The predicted octanol–water partition coefficient (Wildman–Crippen LogP) is 5.35. The average Bonchev–Trinajstić information content (AvgIpc) is 3.10. The molecule has 0 saturated carbocycles. The maximum absolute atomic E-state index is 13.2. The Balaban J connectivity index is 1.67. The zero-order valence-corrected chi connectivity index (χ0v) is 16.9. The molecule has 0 aliphatic rings. The molecule has 0 saturated heterocycles. The smallest absolute Gasteiger partial charge is 0.296 e. The highest BCUT2D eigenvalue weighted by Crippen LogP contribution is 2.29. The number of amides is 1. The summed E-state index contributed by atoms with van der Waals surface area (Å²) in [7, 11) is 0. The van der Waals surface area contributed by atoms with Gasteiger partial charge in [-0.2, -0.15) is 0 Å². The van der Waals surface area contributed by atoms with Crippen LogP contribution in [-0.2, 0) is 11.3 Å². The summed E-state index contributed by atoms with van der Waals surface area (Å²) in [5.41, 5.74) is 2.00. The Kier molecular flexibility index (Phi) is 5.53. The van der Waals surface area contributed by atoms with Crippen LogP contribution in [0.5, 0.6) is 0 Å². The van der Waals surface area contributed by atoms with Crippen LogP contribution in [0.4, 0.5) is 10.1 Å². The largest absolute Gasteiger partial charge is 0.342 e. The number of hydrogen-bond donors (Lipinski definition) is 1. The molecule has 4 aromatic rings. The van der Waals surface area contributed by atoms with Gasteiger partial charge in [0.1, 0.15) is 5.82 Å². The van der Waals surface area contributed by atoms with E-state index in [1.807, 2.05) is 16.7 Å². The minimum atomic E-state index is -0.866. The van der Waals surface area contributed by atoms with Crippen molar-refractivity contribution in [3.8, 4) is 0 Å². The van der Waals surface area contributed by atoms with Gasteiger partial charge in [-0.05, 0) is 23.8 Å². The van der Waals surface area contributed by atoms with E-state index in [0.717, 1.165) is 11.1 Å². The third-order valence-corrected chi connectivity index (χ3v) is 5.17. The average molecular weight is 442 g/mol. The predicted molar refractivity (Wildman–Crippen MR) is 115 cm³/mol. The Bertz CT molecular complexity index is 1250. The summed E-state index contributed by atoms with van der Waals surface area (Å²) in [4.78, 5) is 29.4. The van der Waals surface area contributed by atoms with Gasteiger partial charge < -0.3 is 9.88 Å². The van der Waals surface area contributed by atoms with E-state index in [4.69, 9.17) is 23.2 Å². The number of rotatable bonds is 5. The van der Waals surface area contributed by atoms with Crippen molar-refractivity contribution >= 4 is 51.5 Å². The Hall–Kier alpha value is -3.22. The number of carbonyl (C=O) groups is 2. The van der Waals surface area contributed by atoms with Crippen LogP contribution in [0.25, 0.3) is 10.9 Å². The fourth-order valence-electron chi connectivity index (χ4n) is 3.17. The van der Waals surface area contributed by atoms with Gasteiger partial charge in [-0.25, -0.2) is 4.39 Å². The Morgan fingerprint density at radius 1 is 1.00 bits per heavy atom. The first-order valence-corrected chi connectivity index (χ1v) is 9.66. The highest BCUT2D eigenvalue weighted by Gasteiger charge is 2.23. The maximum atomic E-state index is 13.2. The van der Waals surface area contributed by atoms with Gasteiger partial charge in [-0.15, -0.1) is 0 Å². The summed E-state index contributed by atoms with van der Waals surface area (Å²) in [6.07, 6.45) is 4.26. The number of pyridine rings is 1. The summed E-state index contributed by atoms with van der Waals surface area (Å²) in [5.74, 6) is -1.92. The van der Waals surface area contributed by atoms with Crippen LogP contribution < -0.4 is 5.32 Å². The molecule has 4 rings (SSSR count). The molecule has 0 aliphatic heterocycles. The lowest BCUT2D eigenvalue weighted by Crippen LogP contribution is -2.23. The molecule has 2 aromatic carbocycles. The molecule has 0 bridgehead atoms. The molecular formula is C22H14Cl2FN3O2. The molecule has 8 heteroatoms. The maximum Gasteiger partial charge on any atom is 0.296 e. The molecule has 1 N–H and O–H groups in total. The summed E-state index contributed by atoms with van der Waals surface area (Å²) in [6, 6.07) is 13.3. The SMILES string of the molecule is O=C(Nc1c(Cl)cncc1Cl)C(=O)c1cn(Cc2ccc(F)cc2)c2ccccc12. The van der Waals surface area contributed by atoms with E-state index in [1.54, 1.807) is 30.5 Å². The molecule has 0 spiro atoms. The minimum absolute atomic E-state index is 0.127. The molecule has 0 unspecified atom stereocenters. The minimum Gasteiger partial charge on any atom is -0.342 e. The van der Waals surface area contributed by atoms with Crippen LogP contribution in [0.3, 0.4) is 0 Å². The number of anilines is 1. The quantitative estimate of drug-likeness (QED) is 0.335. The fraction of sp³-hybridized carbons (Fsp3) is 0.0455. The first kappa shape index (κ1) is 20.1. The van der Waals surface area contributed by atoms with Crippen molar-refractivity contribution in [2.24, 2.45) is 0 Å². The van der Waals surface area contributed by atoms with E-state index in [-0.39, 0.29) is 27.1 Å². The van der Waals surface area contributed by atoms with Gasteiger partial charge >= 0.3 is 0 Å². The lowest BCUT2D eigenvalue weighted by Gasteiger charge is -2.07. The second-order valence-corrected chi connectivity index (χ2v) is 7.39. The van der Waals surface area contributed by atoms with E-state index < -0.39 is 11.7 Å². The van der Waals surface area contributed by atoms with E-state index in [9.17, 15) is 14.0 Å². The number of Topliss-reactive ketones (excluding diaryl/α,β-unsaturated/α-hetero) is 1. The van der Waals surface area contributed by atoms with E-state index >= 15 is 0 Å². The third-order valence-electron chi connectivity index (χ3n) is 4.60. The van der Waals surface area contributed by atoms with E-state index in [0.29, 0.717) is 11.9 Å². The fourth-order valence-corrected chi connectivity index (χ4v) is 3.63. The van der Waals surface area contributed by atoms with Crippen LogP contribution in [-0.4, -0.2) is 21.2 Å². The number of nitrogens with one attached hydrogen (secondary N) is 1. The molecular weight excluding hydrogens is 428 g/mol. The van der Waals surface area contributed by atoms with Crippen LogP contribution in [0.1, 0.15) is 15.9 Å². The first-order chi connectivity index (χ1) is 14.4. The Morgan fingerprint density at radius 3 is 2.37 bits per heavy atom. The van der Waals surface area contributed by atoms with Crippen LogP contribution in [0.2, 0.25) is 10.0 Å². The third kappa shape index (κ3) is 3.92. The summed E-state index contributed by atoms with van der Waals surface area (Å²) >= 11 is 12.0. The molecule has 0 fully saturated rings. The number of carbonyl (C=O) groups excluding carboxylic acids is 2. The van der Waals surface area contributed by atoms with Gasteiger partial charge in [0.15, 0.2) is 0 Å². The standard InChI is InChI=1S/C22H14Cl2FN3O2/c23-17-9-26-10-18(24)20(17)27-22(30)21(29)16-12-28(19-4-2-1-3-15(16)19)11-13-5-7-14(25)8-6-13/h1-10,12H,11H2,(H,26,27,30). The normalized spacial score (nSPS) is 10.9. The molecule has 150 valence electrons.